The van der Waals surface area contributed by atoms with E-state index >= 15 is 0 Å². The van der Waals surface area contributed by atoms with Crippen LogP contribution in [0.1, 0.15) is 10.5 Å². The Morgan fingerprint density at radius 3 is 2.26 bits per heavy atom. The van der Waals surface area contributed by atoms with Crippen LogP contribution in [0, 0.1) is 0 Å². The van der Waals surface area contributed by atoms with Gasteiger partial charge in [0.15, 0.2) is 11.5 Å². The lowest BCUT2D eigenvalue weighted by Gasteiger charge is -2.33. The van der Waals surface area contributed by atoms with Crippen LogP contribution in [0.5, 0.6) is 0 Å². The number of piperazine rings is 2. The zero-order chi connectivity index (χ0) is 16.2. The third-order valence-corrected chi connectivity index (χ3v) is 4.45. The third-order valence-electron chi connectivity index (χ3n) is 4.45. The molecule has 0 N–H and O–H groups in total. The van der Waals surface area contributed by atoms with Crippen molar-refractivity contribution in [2.75, 3.05) is 64.3 Å². The van der Waals surface area contributed by atoms with E-state index in [0.717, 1.165) is 38.4 Å². The molecule has 0 aromatic carbocycles. The first-order chi connectivity index (χ1) is 11.2. The lowest BCUT2D eigenvalue weighted by Crippen LogP contribution is -2.48. The minimum atomic E-state index is -0.118. The van der Waals surface area contributed by atoms with Gasteiger partial charge < -0.3 is 19.6 Å². The van der Waals surface area contributed by atoms with Crippen molar-refractivity contribution in [3.63, 3.8) is 0 Å². The topological polar surface area (TPSA) is 72.9 Å². The molecule has 2 amide bonds. The van der Waals surface area contributed by atoms with Crippen LogP contribution < -0.4 is 4.90 Å². The van der Waals surface area contributed by atoms with Gasteiger partial charge in [-0.25, -0.2) is 0 Å². The summed E-state index contributed by atoms with van der Waals surface area (Å²) in [7, 11) is 2.11. The standard InChI is InChI=1S/C15H22N6O2/c1-18-4-8-20(9-5-18)14-3-2-13(16-17-14)15(23)21-10-6-19(12-22)7-11-21/h2-3,12H,4-11H2,1H3. The average molecular weight is 318 g/mol. The molecular formula is C15H22N6O2. The number of anilines is 1. The maximum atomic E-state index is 12.4. The maximum absolute atomic E-state index is 12.4. The summed E-state index contributed by atoms with van der Waals surface area (Å²) in [6.07, 6.45) is 0.826. The van der Waals surface area contributed by atoms with Crippen LogP contribution in [0.25, 0.3) is 0 Å². The Balaban J connectivity index is 1.60. The number of hydrogen-bond acceptors (Lipinski definition) is 6. The van der Waals surface area contributed by atoms with E-state index in [1.807, 2.05) is 6.07 Å². The van der Waals surface area contributed by atoms with Crippen molar-refractivity contribution in [1.82, 2.24) is 24.9 Å². The van der Waals surface area contributed by atoms with E-state index in [2.05, 4.69) is 27.0 Å². The average Bonchev–Trinajstić information content (AvgIpc) is 2.62. The molecule has 0 spiro atoms. The predicted molar refractivity (Wildman–Crippen MR) is 85.3 cm³/mol. The Morgan fingerprint density at radius 1 is 1.00 bits per heavy atom. The lowest BCUT2D eigenvalue weighted by atomic mass is 10.2. The van der Waals surface area contributed by atoms with Crippen molar-refractivity contribution in [1.29, 1.82) is 0 Å². The van der Waals surface area contributed by atoms with E-state index in [9.17, 15) is 9.59 Å². The Morgan fingerprint density at radius 2 is 1.70 bits per heavy atom. The Kier molecular flexibility index (Phi) is 4.71. The van der Waals surface area contributed by atoms with Gasteiger partial charge in [0.05, 0.1) is 0 Å². The van der Waals surface area contributed by atoms with Gasteiger partial charge in [0.2, 0.25) is 6.41 Å². The van der Waals surface area contributed by atoms with Gasteiger partial charge in [-0.05, 0) is 19.2 Å². The van der Waals surface area contributed by atoms with Crippen LogP contribution in [-0.2, 0) is 4.79 Å². The van der Waals surface area contributed by atoms with Gasteiger partial charge in [-0.2, -0.15) is 0 Å². The molecule has 2 saturated heterocycles. The highest BCUT2D eigenvalue weighted by Crippen LogP contribution is 2.13. The van der Waals surface area contributed by atoms with E-state index in [4.69, 9.17) is 0 Å². The molecule has 2 aliphatic rings. The van der Waals surface area contributed by atoms with Crippen molar-refractivity contribution in [3.05, 3.63) is 17.8 Å². The number of carbonyl (C=O) groups excluding carboxylic acids is 2. The second-order valence-corrected chi connectivity index (χ2v) is 6.00. The first kappa shape index (κ1) is 15.7. The quantitative estimate of drug-likeness (QED) is 0.676. The van der Waals surface area contributed by atoms with E-state index < -0.39 is 0 Å². The Labute approximate surface area is 135 Å². The highest BCUT2D eigenvalue weighted by molar-refractivity contribution is 5.92. The van der Waals surface area contributed by atoms with Crippen LogP contribution in [0.15, 0.2) is 12.1 Å². The van der Waals surface area contributed by atoms with E-state index in [0.29, 0.717) is 31.9 Å². The van der Waals surface area contributed by atoms with Gasteiger partial charge in [-0.3, -0.25) is 9.59 Å². The fourth-order valence-corrected chi connectivity index (χ4v) is 2.84. The highest BCUT2D eigenvalue weighted by Gasteiger charge is 2.23. The molecule has 124 valence electrons. The first-order valence-electron chi connectivity index (χ1n) is 7.93. The number of hydrogen-bond donors (Lipinski definition) is 0. The van der Waals surface area contributed by atoms with Gasteiger partial charge in [0.1, 0.15) is 0 Å². The number of carbonyl (C=O) groups is 2. The van der Waals surface area contributed by atoms with Crippen LogP contribution in [0.3, 0.4) is 0 Å². The van der Waals surface area contributed by atoms with E-state index in [1.165, 1.54) is 0 Å². The minimum Gasteiger partial charge on any atom is -0.353 e. The molecular weight excluding hydrogens is 296 g/mol. The molecule has 0 unspecified atom stereocenters. The predicted octanol–water partition coefficient (Wildman–Crippen LogP) is -0.857. The molecule has 8 nitrogen and oxygen atoms in total. The summed E-state index contributed by atoms with van der Waals surface area (Å²) >= 11 is 0. The minimum absolute atomic E-state index is 0.118. The normalized spacial score (nSPS) is 19.8. The molecule has 0 aliphatic carbocycles. The molecule has 0 saturated carbocycles. The molecule has 23 heavy (non-hydrogen) atoms. The smallest absolute Gasteiger partial charge is 0.274 e. The summed E-state index contributed by atoms with van der Waals surface area (Å²) in [6.45, 7) is 6.08. The summed E-state index contributed by atoms with van der Waals surface area (Å²) in [5.74, 6) is 0.702. The SMILES string of the molecule is CN1CCN(c2ccc(C(=O)N3CCN(C=O)CC3)nn2)CC1. The van der Waals surface area contributed by atoms with Gasteiger partial charge in [-0.15, -0.1) is 10.2 Å². The fourth-order valence-electron chi connectivity index (χ4n) is 2.84. The van der Waals surface area contributed by atoms with Gasteiger partial charge in [0, 0.05) is 52.4 Å². The number of nitrogens with zero attached hydrogens (tertiary/aromatic N) is 6. The van der Waals surface area contributed by atoms with Crippen molar-refractivity contribution in [2.24, 2.45) is 0 Å². The highest BCUT2D eigenvalue weighted by atomic mass is 16.2. The monoisotopic (exact) mass is 318 g/mol. The molecule has 8 heteroatoms. The van der Waals surface area contributed by atoms with Crippen LogP contribution in [0.4, 0.5) is 5.82 Å². The number of rotatable bonds is 3. The zero-order valence-electron chi connectivity index (χ0n) is 13.4. The van der Waals surface area contributed by atoms with Crippen LogP contribution in [-0.4, -0.2) is 96.6 Å². The van der Waals surface area contributed by atoms with Crippen molar-refractivity contribution >= 4 is 18.1 Å². The molecule has 1 aromatic heterocycles. The van der Waals surface area contributed by atoms with Crippen molar-refractivity contribution in [3.8, 4) is 0 Å². The van der Waals surface area contributed by atoms with E-state index in [-0.39, 0.29) is 5.91 Å². The Hall–Kier alpha value is -2.22. The summed E-state index contributed by atoms with van der Waals surface area (Å²) in [6, 6.07) is 3.61. The zero-order valence-corrected chi connectivity index (χ0v) is 13.4. The second-order valence-electron chi connectivity index (χ2n) is 6.00. The third kappa shape index (κ3) is 3.58. The number of amides is 2. The van der Waals surface area contributed by atoms with Gasteiger partial charge >= 0.3 is 0 Å². The van der Waals surface area contributed by atoms with E-state index in [1.54, 1.807) is 15.9 Å². The second kappa shape index (κ2) is 6.91. The van der Waals surface area contributed by atoms with Gasteiger partial charge in [-0.1, -0.05) is 0 Å². The molecule has 1 aromatic rings. The largest absolute Gasteiger partial charge is 0.353 e. The Bertz CT molecular complexity index is 548. The molecule has 0 bridgehead atoms. The molecule has 0 radical (unpaired) electrons. The molecule has 2 aliphatic heterocycles. The number of aromatic nitrogens is 2. The summed E-state index contributed by atoms with van der Waals surface area (Å²) < 4.78 is 0. The van der Waals surface area contributed by atoms with Gasteiger partial charge in [0.25, 0.3) is 5.91 Å². The van der Waals surface area contributed by atoms with Crippen molar-refractivity contribution < 1.29 is 9.59 Å². The summed E-state index contributed by atoms with van der Waals surface area (Å²) in [5, 5.41) is 8.33. The first-order valence-corrected chi connectivity index (χ1v) is 7.93. The van der Waals surface area contributed by atoms with Crippen LogP contribution >= 0.6 is 0 Å². The molecule has 3 heterocycles. The molecule has 3 rings (SSSR count). The lowest BCUT2D eigenvalue weighted by molar-refractivity contribution is -0.119. The van der Waals surface area contributed by atoms with Crippen LogP contribution in [0.2, 0.25) is 0 Å². The molecule has 0 atom stereocenters. The fraction of sp³-hybridized carbons (Fsp3) is 0.600. The number of likely N-dealkylation sites (N-methyl/N-ethyl adjacent to an activating group) is 1. The van der Waals surface area contributed by atoms with Crippen molar-refractivity contribution in [2.45, 2.75) is 0 Å². The maximum Gasteiger partial charge on any atom is 0.274 e. The summed E-state index contributed by atoms with van der Waals surface area (Å²) in [5.41, 5.74) is 0.363. The summed E-state index contributed by atoms with van der Waals surface area (Å²) in [4.78, 5) is 31.0. The molecule has 2 fully saturated rings.